The third-order valence-corrected chi connectivity index (χ3v) is 1.67. The van der Waals surface area contributed by atoms with Crippen molar-refractivity contribution in [3.63, 3.8) is 0 Å². The summed E-state index contributed by atoms with van der Waals surface area (Å²) in [6.45, 7) is 3.86. The third-order valence-electron chi connectivity index (χ3n) is 1.67. The fraction of sp³-hybridized carbons (Fsp3) is 0.273. The molecule has 3 heteroatoms. The van der Waals surface area contributed by atoms with Crippen LogP contribution in [0.5, 0.6) is 0 Å². The van der Waals surface area contributed by atoms with Crippen LogP contribution in [0.25, 0.3) is 5.01 Å². The van der Waals surface area contributed by atoms with Gasteiger partial charge < -0.3 is 5.21 Å². The van der Waals surface area contributed by atoms with E-state index in [2.05, 4.69) is 11.1 Å². The molecule has 0 aromatic heterocycles. The van der Waals surface area contributed by atoms with Crippen LogP contribution in [0.2, 0.25) is 0 Å². The predicted octanol–water partition coefficient (Wildman–Crippen LogP) is 2.71. The van der Waals surface area contributed by atoms with E-state index in [0.717, 1.165) is 5.57 Å². The first-order valence-electron chi connectivity index (χ1n) is 4.28. The quantitative estimate of drug-likeness (QED) is 0.171. The highest BCUT2D eigenvalue weighted by atomic mass is 16.4. The predicted molar refractivity (Wildman–Crippen MR) is 57.9 cm³/mol. The van der Waals surface area contributed by atoms with E-state index >= 15 is 0 Å². The molecule has 0 heterocycles. The maximum Gasteiger partial charge on any atom is 0.328 e. The first kappa shape index (κ1) is 12.2. The average molecular weight is 191 g/mol. The Bertz CT molecular complexity index is 316. The monoisotopic (exact) mass is 191 g/mol. The molecular formula is C11H13NO2. The van der Waals surface area contributed by atoms with Gasteiger partial charge in [-0.1, -0.05) is 19.1 Å². The summed E-state index contributed by atoms with van der Waals surface area (Å²) in [5, 5.41) is 12.2. The molecular weight excluding hydrogens is 178 g/mol. The number of allylic oxidation sites excluding steroid dienone is 6. The minimum atomic E-state index is 0.134. The molecule has 0 aromatic rings. The molecule has 0 spiro atoms. The van der Waals surface area contributed by atoms with Gasteiger partial charge in [-0.15, -0.1) is 0 Å². The molecule has 0 fully saturated rings. The smallest absolute Gasteiger partial charge is 0.328 e. The van der Waals surface area contributed by atoms with Crippen molar-refractivity contribution < 1.29 is 4.79 Å². The van der Waals surface area contributed by atoms with Crippen LogP contribution < -0.4 is 0 Å². The Hall–Kier alpha value is -1.82. The second kappa shape index (κ2) is 7.81. The summed E-state index contributed by atoms with van der Waals surface area (Å²) in [4.78, 5) is 10.3. The standard InChI is InChI=1S/C11H13NO2/c1-3-5-10(2)11(7-9-13)6-4-8-12-14/h3-7,9-10H,1-2H3/b5-3+,6-4-,11-7+. The van der Waals surface area contributed by atoms with E-state index in [0.29, 0.717) is 6.29 Å². The van der Waals surface area contributed by atoms with Gasteiger partial charge in [-0.05, 0) is 30.6 Å². The van der Waals surface area contributed by atoms with Crippen molar-refractivity contribution in [2.75, 3.05) is 0 Å². The van der Waals surface area contributed by atoms with E-state index in [1.807, 2.05) is 26.0 Å². The van der Waals surface area contributed by atoms with Crippen molar-refractivity contribution >= 4 is 6.29 Å². The summed E-state index contributed by atoms with van der Waals surface area (Å²) in [7, 11) is 0. The van der Waals surface area contributed by atoms with E-state index in [1.165, 1.54) is 12.2 Å². The molecule has 0 saturated carbocycles. The minimum absolute atomic E-state index is 0.134. The van der Waals surface area contributed by atoms with Gasteiger partial charge in [-0.3, -0.25) is 4.79 Å². The van der Waals surface area contributed by atoms with Gasteiger partial charge in [0, 0.05) is 5.01 Å². The van der Waals surface area contributed by atoms with Crippen LogP contribution in [-0.4, -0.2) is 6.29 Å². The lowest BCUT2D eigenvalue weighted by Crippen LogP contribution is -1.93. The molecule has 0 bridgehead atoms. The van der Waals surface area contributed by atoms with Crippen molar-refractivity contribution in [2.24, 2.45) is 5.92 Å². The topological polar surface area (TPSA) is 44.5 Å². The Kier molecular flexibility index (Phi) is 6.79. The van der Waals surface area contributed by atoms with Gasteiger partial charge in [0.2, 0.25) is 0 Å². The van der Waals surface area contributed by atoms with Gasteiger partial charge in [0.15, 0.2) is 0 Å². The van der Waals surface area contributed by atoms with E-state index in [-0.39, 0.29) is 5.92 Å². The lowest BCUT2D eigenvalue weighted by molar-refractivity contribution is -0.104. The third kappa shape index (κ3) is 4.94. The van der Waals surface area contributed by atoms with Crippen molar-refractivity contribution in [1.82, 2.24) is 0 Å². The molecule has 0 aromatic carbocycles. The number of rotatable bonds is 4. The van der Waals surface area contributed by atoms with Crippen molar-refractivity contribution in [3.05, 3.63) is 46.2 Å². The van der Waals surface area contributed by atoms with Crippen LogP contribution in [0.1, 0.15) is 13.8 Å². The van der Waals surface area contributed by atoms with Crippen molar-refractivity contribution in [3.8, 4) is 6.07 Å². The van der Waals surface area contributed by atoms with Gasteiger partial charge in [-0.2, -0.15) is 0 Å². The molecule has 0 rings (SSSR count). The number of hydrogen-bond donors (Lipinski definition) is 0. The van der Waals surface area contributed by atoms with Gasteiger partial charge in [0.25, 0.3) is 0 Å². The maximum absolute atomic E-state index is 10.3. The fourth-order valence-corrected chi connectivity index (χ4v) is 1.00. The molecule has 0 aliphatic carbocycles. The zero-order valence-corrected chi connectivity index (χ0v) is 8.31. The van der Waals surface area contributed by atoms with Crippen LogP contribution in [0.15, 0.2) is 36.0 Å². The molecule has 0 amide bonds. The SMILES string of the molecule is C/C=C/C(C)C(/C=C\C#[N+][O-])=C/C=O. The van der Waals surface area contributed by atoms with Gasteiger partial charge in [0.1, 0.15) is 6.29 Å². The second-order valence-corrected chi connectivity index (χ2v) is 2.67. The zero-order chi connectivity index (χ0) is 10.8. The first-order chi connectivity index (χ1) is 6.76. The summed E-state index contributed by atoms with van der Waals surface area (Å²) < 4.78 is 0. The Morgan fingerprint density at radius 1 is 1.57 bits per heavy atom. The normalized spacial score (nSPS) is 14.0. The van der Waals surface area contributed by atoms with E-state index < -0.39 is 0 Å². The summed E-state index contributed by atoms with van der Waals surface area (Å²) in [6, 6.07) is 2.14. The van der Waals surface area contributed by atoms with Gasteiger partial charge in [-0.25, -0.2) is 0 Å². The summed E-state index contributed by atoms with van der Waals surface area (Å²) in [6.07, 6.45) is 9.06. The van der Waals surface area contributed by atoms with Crippen LogP contribution in [0.4, 0.5) is 0 Å². The highest BCUT2D eigenvalue weighted by Gasteiger charge is 2.00. The molecule has 14 heavy (non-hydrogen) atoms. The van der Waals surface area contributed by atoms with Crippen LogP contribution in [-0.2, 0) is 4.79 Å². The maximum atomic E-state index is 10.3. The lowest BCUT2D eigenvalue weighted by atomic mass is 10.00. The molecule has 0 saturated heterocycles. The largest absolute Gasteiger partial charge is 0.498 e. The molecule has 3 nitrogen and oxygen atoms in total. The highest BCUT2D eigenvalue weighted by molar-refractivity contribution is 5.67. The van der Waals surface area contributed by atoms with Crippen LogP contribution in [0.3, 0.4) is 0 Å². The number of hydrogen-bond acceptors (Lipinski definition) is 2. The molecule has 74 valence electrons. The second-order valence-electron chi connectivity index (χ2n) is 2.67. The van der Waals surface area contributed by atoms with Crippen LogP contribution in [0, 0.1) is 17.2 Å². The van der Waals surface area contributed by atoms with Crippen molar-refractivity contribution in [2.45, 2.75) is 13.8 Å². The molecule has 1 atom stereocenters. The van der Waals surface area contributed by atoms with Crippen molar-refractivity contribution in [1.29, 1.82) is 0 Å². The van der Waals surface area contributed by atoms with Gasteiger partial charge in [0.05, 0.1) is 6.08 Å². The summed E-state index contributed by atoms with van der Waals surface area (Å²) in [5.41, 5.74) is 0.814. The molecule has 0 aliphatic rings. The minimum Gasteiger partial charge on any atom is -0.498 e. The van der Waals surface area contributed by atoms with E-state index in [9.17, 15) is 10.0 Å². The first-order valence-corrected chi connectivity index (χ1v) is 4.28. The Balaban J connectivity index is 4.66. The number of carbonyl (C=O) groups is 1. The van der Waals surface area contributed by atoms with E-state index in [4.69, 9.17) is 0 Å². The Labute approximate surface area is 83.8 Å². The lowest BCUT2D eigenvalue weighted by Gasteiger charge is -2.04. The summed E-state index contributed by atoms with van der Waals surface area (Å²) >= 11 is 0. The average Bonchev–Trinajstić information content (AvgIpc) is 2.17. The summed E-state index contributed by atoms with van der Waals surface area (Å²) in [5.74, 6) is 0.134. The van der Waals surface area contributed by atoms with Gasteiger partial charge >= 0.3 is 6.07 Å². The number of aldehydes is 1. The highest BCUT2D eigenvalue weighted by Crippen LogP contribution is 2.12. The fourth-order valence-electron chi connectivity index (χ4n) is 1.00. The number of nitrogens with zero attached hydrogens (tertiary/aromatic N) is 1. The molecule has 1 unspecified atom stereocenters. The Morgan fingerprint density at radius 2 is 2.29 bits per heavy atom. The molecule has 0 radical (unpaired) electrons. The molecule has 0 N–H and O–H groups in total. The van der Waals surface area contributed by atoms with Crippen LogP contribution >= 0.6 is 0 Å². The Morgan fingerprint density at radius 3 is 2.79 bits per heavy atom. The van der Waals surface area contributed by atoms with E-state index in [1.54, 1.807) is 6.08 Å². The zero-order valence-electron chi connectivity index (χ0n) is 8.31. The number of carbonyl (C=O) groups excluding carboxylic acids is 1. The molecule has 0 aliphatic heterocycles.